The lowest BCUT2D eigenvalue weighted by Crippen LogP contribution is -2.58. The Hall–Kier alpha value is -1.14. The van der Waals surface area contributed by atoms with Gasteiger partial charge in [0.2, 0.25) is 11.8 Å². The zero-order chi connectivity index (χ0) is 20.3. The summed E-state index contributed by atoms with van der Waals surface area (Å²) >= 11 is 0. The molecule has 1 atom stereocenters. The molecule has 166 valence electrons. The number of likely N-dealkylation sites (tertiary alicyclic amines) is 2. The first kappa shape index (κ1) is 19.5. The van der Waals surface area contributed by atoms with Crippen molar-refractivity contribution in [1.82, 2.24) is 9.80 Å². The maximum absolute atomic E-state index is 13.8. The van der Waals surface area contributed by atoms with Crippen molar-refractivity contribution in [3.8, 4) is 0 Å². The molecule has 0 N–H and O–H groups in total. The van der Waals surface area contributed by atoms with Gasteiger partial charge in [-0.2, -0.15) is 0 Å². The van der Waals surface area contributed by atoms with E-state index < -0.39 is 0 Å². The fourth-order valence-electron chi connectivity index (χ4n) is 8.20. The lowest BCUT2D eigenvalue weighted by molar-refractivity contribution is -0.162. The molecular weight excluding hydrogens is 380 g/mol. The maximum atomic E-state index is 13.8. The van der Waals surface area contributed by atoms with Crippen LogP contribution in [0, 0.1) is 29.1 Å². The van der Waals surface area contributed by atoms with Crippen LogP contribution in [0.15, 0.2) is 0 Å². The Kier molecular flexibility index (Phi) is 4.87. The third kappa shape index (κ3) is 3.21. The molecule has 30 heavy (non-hydrogen) atoms. The van der Waals surface area contributed by atoms with Crippen LogP contribution in [0.3, 0.4) is 0 Å². The van der Waals surface area contributed by atoms with Crippen molar-refractivity contribution in [2.24, 2.45) is 29.1 Å². The monoisotopic (exact) mass is 416 g/mol. The van der Waals surface area contributed by atoms with Crippen molar-refractivity contribution in [1.29, 1.82) is 0 Å². The maximum Gasteiger partial charge on any atom is 0.245 e. The summed E-state index contributed by atoms with van der Waals surface area (Å²) in [5.74, 6) is 3.20. The Balaban J connectivity index is 1.12. The van der Waals surface area contributed by atoms with E-state index in [1.54, 1.807) is 0 Å². The first-order valence-electron chi connectivity index (χ1n) is 12.4. The van der Waals surface area contributed by atoms with Crippen molar-refractivity contribution >= 4 is 11.8 Å². The van der Waals surface area contributed by atoms with Crippen molar-refractivity contribution in [3.05, 3.63) is 0 Å². The first-order valence-corrected chi connectivity index (χ1v) is 12.4. The van der Waals surface area contributed by atoms with Crippen LogP contribution in [0.4, 0.5) is 0 Å². The average molecular weight is 417 g/mol. The molecule has 7 fully saturated rings. The normalized spacial score (nSPS) is 41.7. The zero-order valence-corrected chi connectivity index (χ0v) is 18.1. The standard InChI is InChI=1S/C24H36N2O4/c27-21(25-6-3-19(4-7-25)22-29-8-9-30-22)20-2-1-5-26(20)23(28)24-13-16-10-17(14-24)12-18(11-16)15-24/h16-20,22H,1-15H2. The van der Waals surface area contributed by atoms with Gasteiger partial charge in [-0.3, -0.25) is 9.59 Å². The van der Waals surface area contributed by atoms with Gasteiger partial charge >= 0.3 is 0 Å². The second-order valence-corrected chi connectivity index (χ2v) is 11.1. The molecule has 6 heteroatoms. The average Bonchev–Trinajstić information content (AvgIpc) is 3.44. The molecule has 4 saturated carbocycles. The van der Waals surface area contributed by atoms with E-state index in [2.05, 4.69) is 0 Å². The number of carbonyl (C=O) groups excluding carboxylic acids is 2. The van der Waals surface area contributed by atoms with Crippen LogP contribution < -0.4 is 0 Å². The van der Waals surface area contributed by atoms with Gasteiger partial charge < -0.3 is 19.3 Å². The molecule has 0 aromatic heterocycles. The van der Waals surface area contributed by atoms with E-state index >= 15 is 0 Å². The molecule has 7 aliphatic rings. The van der Waals surface area contributed by atoms with Gasteiger partial charge in [0, 0.05) is 25.6 Å². The van der Waals surface area contributed by atoms with E-state index in [0.29, 0.717) is 25.0 Å². The van der Waals surface area contributed by atoms with E-state index in [-0.39, 0.29) is 23.7 Å². The zero-order valence-electron chi connectivity index (χ0n) is 18.1. The number of hydrogen-bond acceptors (Lipinski definition) is 4. The van der Waals surface area contributed by atoms with Gasteiger partial charge in [0.05, 0.1) is 18.6 Å². The van der Waals surface area contributed by atoms with Crippen LogP contribution in [0.1, 0.15) is 64.2 Å². The summed E-state index contributed by atoms with van der Waals surface area (Å²) in [6, 6.07) is -0.221. The van der Waals surface area contributed by atoms with Gasteiger partial charge in [0.1, 0.15) is 6.04 Å². The summed E-state index contributed by atoms with van der Waals surface area (Å²) in [6.45, 7) is 3.68. The highest BCUT2D eigenvalue weighted by atomic mass is 16.7. The molecule has 0 aromatic rings. The second-order valence-electron chi connectivity index (χ2n) is 11.1. The second kappa shape index (κ2) is 7.47. The lowest BCUT2D eigenvalue weighted by atomic mass is 9.49. The van der Waals surface area contributed by atoms with E-state index in [1.165, 1.54) is 19.3 Å². The number of carbonyl (C=O) groups is 2. The van der Waals surface area contributed by atoms with Crippen molar-refractivity contribution in [3.63, 3.8) is 0 Å². The highest BCUT2D eigenvalue weighted by molar-refractivity contribution is 5.91. The molecule has 0 spiro atoms. The number of nitrogens with zero attached hydrogens (tertiary/aromatic N) is 2. The fraction of sp³-hybridized carbons (Fsp3) is 0.917. The summed E-state index contributed by atoms with van der Waals surface area (Å²) < 4.78 is 11.3. The molecule has 7 rings (SSSR count). The number of piperidine rings is 1. The van der Waals surface area contributed by atoms with Gasteiger partial charge in [0.15, 0.2) is 6.29 Å². The van der Waals surface area contributed by atoms with E-state index in [0.717, 1.165) is 82.3 Å². The number of amides is 2. The minimum absolute atomic E-state index is 0.0807. The molecule has 1 unspecified atom stereocenters. The molecule has 4 aliphatic carbocycles. The van der Waals surface area contributed by atoms with E-state index in [4.69, 9.17) is 9.47 Å². The Labute approximate surface area is 179 Å². The van der Waals surface area contributed by atoms with Crippen LogP contribution in [0.5, 0.6) is 0 Å². The van der Waals surface area contributed by atoms with Crippen LogP contribution >= 0.6 is 0 Å². The highest BCUT2D eigenvalue weighted by Crippen LogP contribution is 2.60. The van der Waals surface area contributed by atoms with E-state index in [9.17, 15) is 9.59 Å². The van der Waals surface area contributed by atoms with Crippen LogP contribution in [0.2, 0.25) is 0 Å². The van der Waals surface area contributed by atoms with Crippen LogP contribution in [0.25, 0.3) is 0 Å². The van der Waals surface area contributed by atoms with Crippen molar-refractivity contribution < 1.29 is 19.1 Å². The molecule has 3 aliphatic heterocycles. The first-order chi connectivity index (χ1) is 14.6. The van der Waals surface area contributed by atoms with Gasteiger partial charge in [-0.05, 0) is 82.0 Å². The van der Waals surface area contributed by atoms with Gasteiger partial charge in [0.25, 0.3) is 0 Å². The largest absolute Gasteiger partial charge is 0.350 e. The Bertz CT molecular complexity index is 660. The molecule has 0 aromatic carbocycles. The smallest absolute Gasteiger partial charge is 0.245 e. The summed E-state index contributed by atoms with van der Waals surface area (Å²) in [4.78, 5) is 31.3. The molecule has 3 saturated heterocycles. The van der Waals surface area contributed by atoms with Gasteiger partial charge in [-0.25, -0.2) is 0 Å². The third-order valence-electron chi connectivity index (χ3n) is 9.17. The Morgan fingerprint density at radius 2 is 1.40 bits per heavy atom. The van der Waals surface area contributed by atoms with Crippen LogP contribution in [-0.4, -0.2) is 66.8 Å². The number of rotatable bonds is 3. The molecular formula is C24H36N2O4. The quantitative estimate of drug-likeness (QED) is 0.710. The minimum Gasteiger partial charge on any atom is -0.350 e. The van der Waals surface area contributed by atoms with E-state index in [1.807, 2.05) is 9.80 Å². The number of ether oxygens (including phenoxy) is 2. The Morgan fingerprint density at radius 3 is 2.00 bits per heavy atom. The summed E-state index contributed by atoms with van der Waals surface area (Å²) in [5, 5.41) is 0. The molecule has 3 heterocycles. The van der Waals surface area contributed by atoms with Crippen LogP contribution in [-0.2, 0) is 19.1 Å². The molecule has 4 bridgehead atoms. The fourth-order valence-corrected chi connectivity index (χ4v) is 8.20. The third-order valence-corrected chi connectivity index (χ3v) is 9.17. The SMILES string of the molecule is O=C(C1CCCN1C(=O)C12CC3CC(CC(C3)C1)C2)N1CCC(C2OCCO2)CC1. The predicted molar refractivity (Wildman–Crippen MR) is 110 cm³/mol. The number of hydrogen-bond donors (Lipinski definition) is 0. The Morgan fingerprint density at radius 1 is 0.800 bits per heavy atom. The van der Waals surface area contributed by atoms with Crippen molar-refractivity contribution in [2.75, 3.05) is 32.8 Å². The van der Waals surface area contributed by atoms with Crippen molar-refractivity contribution in [2.45, 2.75) is 76.5 Å². The summed E-state index contributed by atoms with van der Waals surface area (Å²) in [7, 11) is 0. The summed E-state index contributed by atoms with van der Waals surface area (Å²) in [5.41, 5.74) is -0.137. The predicted octanol–water partition coefficient (Wildman–Crippen LogP) is 2.81. The summed E-state index contributed by atoms with van der Waals surface area (Å²) in [6.07, 6.45) is 10.9. The lowest BCUT2D eigenvalue weighted by Gasteiger charge is -2.56. The molecule has 2 amide bonds. The minimum atomic E-state index is -0.221. The van der Waals surface area contributed by atoms with Gasteiger partial charge in [-0.15, -0.1) is 0 Å². The molecule has 0 radical (unpaired) electrons. The highest BCUT2D eigenvalue weighted by Gasteiger charge is 2.57. The topological polar surface area (TPSA) is 59.1 Å². The molecule has 6 nitrogen and oxygen atoms in total. The van der Waals surface area contributed by atoms with Gasteiger partial charge in [-0.1, -0.05) is 0 Å².